The molecule has 2 saturated carbocycles. The van der Waals surface area contributed by atoms with E-state index in [-0.39, 0.29) is 35.5 Å². The van der Waals surface area contributed by atoms with Crippen LogP contribution in [0, 0.1) is 30.6 Å². The molecule has 3 fully saturated rings. The van der Waals surface area contributed by atoms with Gasteiger partial charge in [-0.25, -0.2) is 4.90 Å². The van der Waals surface area contributed by atoms with Gasteiger partial charge in [0.15, 0.2) is 0 Å². The second-order valence-corrected chi connectivity index (χ2v) is 8.46. The van der Waals surface area contributed by atoms with Crippen molar-refractivity contribution in [1.29, 1.82) is 0 Å². The number of amides is 2. The number of hydrogen-bond donors (Lipinski definition) is 0. The summed E-state index contributed by atoms with van der Waals surface area (Å²) in [5.74, 6) is -0.290. The summed E-state index contributed by atoms with van der Waals surface area (Å²) in [6, 6.07) is 5.44. The van der Waals surface area contributed by atoms with Gasteiger partial charge in [-0.3, -0.25) is 9.59 Å². The zero-order valence-electron chi connectivity index (χ0n) is 14.9. The molecule has 4 aliphatic rings. The molecule has 0 radical (unpaired) electrons. The maximum absolute atomic E-state index is 13.2. The number of anilines is 1. The molecule has 0 N–H and O–H groups in total. The molecular weight excluding hydrogens is 346 g/mol. The van der Waals surface area contributed by atoms with E-state index in [2.05, 4.69) is 12.2 Å². The quantitative estimate of drug-likeness (QED) is 0.526. The number of hydrogen-bond acceptors (Lipinski definition) is 2. The van der Waals surface area contributed by atoms with Crippen molar-refractivity contribution in [2.24, 2.45) is 23.7 Å². The van der Waals surface area contributed by atoms with Crippen LogP contribution < -0.4 is 4.90 Å². The van der Waals surface area contributed by atoms with Crippen LogP contribution >= 0.6 is 11.6 Å². The maximum atomic E-state index is 13.2. The van der Waals surface area contributed by atoms with Crippen molar-refractivity contribution in [3.63, 3.8) is 0 Å². The predicted octanol–water partition coefficient (Wildman–Crippen LogP) is 4.83. The lowest BCUT2D eigenvalue weighted by Crippen LogP contribution is -2.33. The fraction of sp³-hybridized carbons (Fsp3) is 0.455. The Kier molecular flexibility index (Phi) is 3.65. The molecule has 0 unspecified atom stereocenters. The van der Waals surface area contributed by atoms with Crippen molar-refractivity contribution in [1.82, 2.24) is 0 Å². The topological polar surface area (TPSA) is 37.4 Å². The van der Waals surface area contributed by atoms with Gasteiger partial charge in [0.05, 0.1) is 17.5 Å². The first-order chi connectivity index (χ1) is 12.6. The van der Waals surface area contributed by atoms with Gasteiger partial charge in [-0.1, -0.05) is 47.4 Å². The second-order valence-electron chi connectivity index (χ2n) is 8.05. The first-order valence-electron chi connectivity index (χ1n) is 9.62. The van der Waals surface area contributed by atoms with Crippen molar-refractivity contribution >= 4 is 29.1 Å². The molecule has 3 nitrogen and oxygen atoms in total. The van der Waals surface area contributed by atoms with E-state index in [0.29, 0.717) is 10.7 Å². The van der Waals surface area contributed by atoms with Crippen molar-refractivity contribution < 1.29 is 9.59 Å². The van der Waals surface area contributed by atoms with Gasteiger partial charge in [0.2, 0.25) is 11.8 Å². The summed E-state index contributed by atoms with van der Waals surface area (Å²) in [7, 11) is 0. The number of rotatable bonds is 1. The summed E-state index contributed by atoms with van der Waals surface area (Å²) >= 11 is 6.23. The minimum absolute atomic E-state index is 0.0503. The highest BCUT2D eigenvalue weighted by atomic mass is 35.5. The standard InChI is InChI=1S/C22H22ClNO2/c1-12-7-8-14(11-17(12)23)24-21(25)19-15-9-10-16(20(19)22(24)26)18(15)13-5-3-2-4-6-13/h7-11,15-16,19-20H,2-6H2,1H3/t15-,16+,19+,20-. The first-order valence-corrected chi connectivity index (χ1v) is 10.00. The number of imide groups is 1. The van der Waals surface area contributed by atoms with Gasteiger partial charge < -0.3 is 0 Å². The van der Waals surface area contributed by atoms with E-state index in [9.17, 15) is 9.59 Å². The number of nitrogens with zero attached hydrogens (tertiary/aromatic N) is 1. The van der Waals surface area contributed by atoms with Crippen LogP contribution in [0.15, 0.2) is 41.5 Å². The van der Waals surface area contributed by atoms with Crippen LogP contribution in [0.25, 0.3) is 0 Å². The lowest BCUT2D eigenvalue weighted by molar-refractivity contribution is -0.122. The molecule has 1 aromatic carbocycles. The average Bonchev–Trinajstić information content (AvgIpc) is 3.28. The van der Waals surface area contributed by atoms with Crippen LogP contribution in [0.1, 0.15) is 37.7 Å². The number of carbonyl (C=O) groups excluding carboxylic acids is 2. The lowest BCUT2D eigenvalue weighted by atomic mass is 9.85. The largest absolute Gasteiger partial charge is 0.274 e. The SMILES string of the molecule is Cc1ccc(N2C(=O)[C@@H]3[C@H](C2=O)[C@H]2C=C[C@@H]3C2=C2CCCCC2)cc1Cl. The normalized spacial score (nSPS) is 32.8. The van der Waals surface area contributed by atoms with Crippen LogP contribution in [-0.2, 0) is 9.59 Å². The van der Waals surface area contributed by atoms with E-state index >= 15 is 0 Å². The monoisotopic (exact) mass is 367 g/mol. The Morgan fingerprint density at radius 2 is 1.58 bits per heavy atom. The predicted molar refractivity (Wildman–Crippen MR) is 102 cm³/mol. The Morgan fingerprint density at radius 3 is 2.15 bits per heavy atom. The van der Waals surface area contributed by atoms with Gasteiger partial charge in [0, 0.05) is 16.9 Å². The van der Waals surface area contributed by atoms with Crippen molar-refractivity contribution in [2.45, 2.75) is 39.0 Å². The van der Waals surface area contributed by atoms with Crippen LogP contribution in [0.4, 0.5) is 5.69 Å². The van der Waals surface area contributed by atoms with E-state index in [4.69, 9.17) is 11.6 Å². The van der Waals surface area contributed by atoms with E-state index in [1.807, 2.05) is 19.1 Å². The number of allylic oxidation sites excluding steroid dienone is 4. The number of benzene rings is 1. The second kappa shape index (κ2) is 5.82. The van der Waals surface area contributed by atoms with E-state index < -0.39 is 0 Å². The van der Waals surface area contributed by atoms with Crippen LogP contribution in [0.2, 0.25) is 5.02 Å². The Balaban J connectivity index is 1.53. The zero-order valence-corrected chi connectivity index (χ0v) is 15.6. The Morgan fingerprint density at radius 1 is 0.962 bits per heavy atom. The highest BCUT2D eigenvalue weighted by Gasteiger charge is 2.62. The molecule has 5 rings (SSSR count). The summed E-state index contributed by atoms with van der Waals surface area (Å²) in [4.78, 5) is 27.8. The maximum Gasteiger partial charge on any atom is 0.238 e. The summed E-state index contributed by atoms with van der Waals surface area (Å²) in [6.45, 7) is 1.92. The molecule has 2 bridgehead atoms. The van der Waals surface area contributed by atoms with Crippen molar-refractivity contribution in [3.05, 3.63) is 52.1 Å². The van der Waals surface area contributed by atoms with E-state index in [0.717, 1.165) is 18.4 Å². The summed E-state index contributed by atoms with van der Waals surface area (Å²) in [6.07, 6.45) is 10.4. The number of carbonyl (C=O) groups is 2. The first kappa shape index (κ1) is 16.3. The fourth-order valence-electron chi connectivity index (χ4n) is 5.48. The molecule has 3 aliphatic carbocycles. The summed E-state index contributed by atoms with van der Waals surface area (Å²) in [5, 5.41) is 0.589. The molecule has 1 aromatic rings. The van der Waals surface area contributed by atoms with Gasteiger partial charge in [0.25, 0.3) is 0 Å². The average molecular weight is 368 g/mol. The third kappa shape index (κ3) is 2.13. The molecular formula is C22H22ClNO2. The van der Waals surface area contributed by atoms with Crippen LogP contribution in [0.3, 0.4) is 0 Å². The van der Waals surface area contributed by atoms with Crippen LogP contribution in [0.5, 0.6) is 0 Å². The molecule has 2 amide bonds. The molecule has 0 spiro atoms. The number of fused-ring (bicyclic) bond motifs is 5. The molecule has 4 heteroatoms. The minimum atomic E-state index is -0.220. The summed E-state index contributed by atoms with van der Waals surface area (Å²) < 4.78 is 0. The molecule has 1 heterocycles. The summed E-state index contributed by atoms with van der Waals surface area (Å²) in [5.41, 5.74) is 4.48. The molecule has 134 valence electrons. The Bertz CT molecular complexity index is 842. The van der Waals surface area contributed by atoms with Crippen molar-refractivity contribution in [2.75, 3.05) is 4.90 Å². The molecule has 1 aliphatic heterocycles. The Hall–Kier alpha value is -1.87. The highest BCUT2D eigenvalue weighted by molar-refractivity contribution is 6.32. The number of aryl methyl sites for hydroxylation is 1. The fourth-order valence-corrected chi connectivity index (χ4v) is 5.65. The van der Waals surface area contributed by atoms with Crippen molar-refractivity contribution in [3.8, 4) is 0 Å². The minimum Gasteiger partial charge on any atom is -0.274 e. The number of halogens is 1. The van der Waals surface area contributed by atoms with E-state index in [1.165, 1.54) is 35.3 Å². The lowest BCUT2D eigenvalue weighted by Gasteiger charge is -2.23. The van der Waals surface area contributed by atoms with E-state index in [1.54, 1.807) is 6.07 Å². The van der Waals surface area contributed by atoms with Gasteiger partial charge in [-0.2, -0.15) is 0 Å². The third-order valence-corrected chi connectivity index (χ3v) is 7.10. The Labute approximate surface area is 158 Å². The van der Waals surface area contributed by atoms with Gasteiger partial charge in [0.1, 0.15) is 0 Å². The smallest absolute Gasteiger partial charge is 0.238 e. The molecule has 0 aromatic heterocycles. The highest BCUT2D eigenvalue weighted by Crippen LogP contribution is 2.58. The van der Waals surface area contributed by atoms with Gasteiger partial charge in [-0.15, -0.1) is 0 Å². The van der Waals surface area contributed by atoms with Crippen LogP contribution in [-0.4, -0.2) is 11.8 Å². The molecule has 26 heavy (non-hydrogen) atoms. The third-order valence-electron chi connectivity index (χ3n) is 6.69. The molecule has 1 saturated heterocycles. The van der Waals surface area contributed by atoms with Gasteiger partial charge in [-0.05, 0) is 50.3 Å². The molecule has 4 atom stereocenters. The zero-order chi connectivity index (χ0) is 18.0. The van der Waals surface area contributed by atoms with Gasteiger partial charge >= 0.3 is 0 Å².